The van der Waals surface area contributed by atoms with Crippen molar-refractivity contribution in [2.75, 3.05) is 0 Å². The fourth-order valence-electron chi connectivity index (χ4n) is 0.439. The molecule has 0 rings (SSSR count). The average molecular weight is 287 g/mol. The van der Waals surface area contributed by atoms with Gasteiger partial charge in [0.25, 0.3) is 0 Å². The molecule has 0 amide bonds. The molecule has 0 heterocycles. The quantitative estimate of drug-likeness (QED) is 0.587. The van der Waals surface area contributed by atoms with E-state index in [0.717, 1.165) is 0 Å². The number of carbonyl (C=O) groups is 1. The van der Waals surface area contributed by atoms with Gasteiger partial charge in [-0.25, -0.2) is 0 Å². The van der Waals surface area contributed by atoms with Gasteiger partial charge in [-0.3, -0.25) is 4.79 Å². The molecule has 0 saturated heterocycles. The molecule has 2 nitrogen and oxygen atoms in total. The largest absolute Gasteiger partial charge is 0.363 e. The molecule has 0 aromatic rings. The zero-order valence-corrected chi connectivity index (χ0v) is 8.34. The highest BCUT2D eigenvalue weighted by Crippen LogP contribution is 2.42. The molecule has 0 aromatic heterocycles. The molecule has 0 radical (unpaired) electrons. The van der Waals surface area contributed by atoms with Crippen LogP contribution in [0.25, 0.3) is 0 Å². The molecular weight excluding hydrogens is 283 g/mol. The predicted octanol–water partition coefficient (Wildman–Crippen LogP) is 3.09. The highest BCUT2D eigenvalue weighted by molar-refractivity contribution is 9.10. The summed E-state index contributed by atoms with van der Waals surface area (Å²) >= 11 is 6.01. The van der Waals surface area contributed by atoms with Gasteiger partial charge in [-0.05, 0) is 15.9 Å². The van der Waals surface area contributed by atoms with Crippen LogP contribution in [0.4, 0.5) is 17.6 Å². The fraction of sp³-hybridized carbons (Fsp3) is 0.800. The number of hydrogen-bond acceptors (Lipinski definition) is 2. The van der Waals surface area contributed by atoms with E-state index in [9.17, 15) is 22.4 Å². The van der Waals surface area contributed by atoms with Crippen LogP contribution in [0.3, 0.4) is 0 Å². The van der Waals surface area contributed by atoms with E-state index < -0.39 is 29.6 Å². The maximum absolute atomic E-state index is 12.4. The van der Waals surface area contributed by atoms with E-state index in [4.69, 9.17) is 0 Å². The first-order chi connectivity index (χ1) is 5.70. The van der Waals surface area contributed by atoms with Gasteiger partial charge in [0, 0.05) is 6.42 Å². The summed E-state index contributed by atoms with van der Waals surface area (Å²) < 4.78 is 52.3. The zero-order chi connectivity index (χ0) is 10.7. The summed E-state index contributed by atoms with van der Waals surface area (Å²) in [4.78, 5) is 5.90. The minimum Gasteiger partial charge on any atom is -0.348 e. The molecule has 0 bridgehead atoms. The van der Waals surface area contributed by atoms with Crippen LogP contribution in [0, 0.1) is 0 Å². The highest BCUT2D eigenvalue weighted by Gasteiger charge is 2.53. The lowest BCUT2D eigenvalue weighted by atomic mass is 10.2. The Kier molecular flexibility index (Phi) is 4.44. The van der Waals surface area contributed by atoms with Gasteiger partial charge < -0.3 is 4.29 Å². The van der Waals surface area contributed by atoms with E-state index in [1.54, 1.807) is 0 Å². The summed E-state index contributed by atoms with van der Waals surface area (Å²) in [6, 6.07) is 0. The van der Waals surface area contributed by atoms with Gasteiger partial charge in [0.15, 0.2) is 0 Å². The third kappa shape index (κ3) is 4.12. The lowest BCUT2D eigenvalue weighted by Gasteiger charge is -2.20. The number of alkyl halides is 5. The smallest absolute Gasteiger partial charge is 0.348 e. The maximum atomic E-state index is 12.4. The number of carbonyl (C=O) groups excluding carboxylic acids is 1. The monoisotopic (exact) mass is 286 g/mol. The number of hydrogen-bond donors (Lipinski definition) is 0. The molecule has 0 atom stereocenters. The van der Waals surface area contributed by atoms with Gasteiger partial charge in [0.1, 0.15) is 11.9 Å². The van der Waals surface area contributed by atoms with Crippen LogP contribution >= 0.6 is 27.8 Å². The Balaban J connectivity index is 4.12. The van der Waals surface area contributed by atoms with Gasteiger partial charge >= 0.3 is 16.7 Å². The lowest BCUT2D eigenvalue weighted by molar-refractivity contribution is -0.158. The van der Waals surface area contributed by atoms with E-state index in [0.29, 0.717) is 0 Å². The van der Waals surface area contributed by atoms with Crippen molar-refractivity contribution in [2.45, 2.75) is 23.6 Å². The molecule has 0 aliphatic carbocycles. The predicted molar refractivity (Wildman–Crippen MR) is 40.0 cm³/mol. The molecule has 0 aliphatic rings. The highest BCUT2D eigenvalue weighted by atomic mass is 79.9. The van der Waals surface area contributed by atoms with Crippen molar-refractivity contribution in [3.8, 4) is 0 Å². The molecule has 0 fully saturated rings. The Labute approximate surface area is 84.5 Å². The minimum absolute atomic E-state index is 0.877. The van der Waals surface area contributed by atoms with Crippen molar-refractivity contribution >= 4 is 33.8 Å². The summed E-state index contributed by atoms with van der Waals surface area (Å²) in [5.74, 6) is -5.49. The topological polar surface area (TPSA) is 26.3 Å². The standard InChI is InChI=1S/C5H4BrClF4O2/c6-5(10,11)4(8,9)2-1-3(12)13-7/h1-2H2. The first-order valence-corrected chi connectivity index (χ1v) is 4.07. The van der Waals surface area contributed by atoms with Crippen LogP contribution < -0.4 is 0 Å². The van der Waals surface area contributed by atoms with Crippen molar-refractivity contribution in [1.82, 2.24) is 0 Å². The average Bonchev–Trinajstić information content (AvgIpc) is 1.98. The molecule has 78 valence electrons. The molecule has 13 heavy (non-hydrogen) atoms. The molecule has 0 saturated carbocycles. The molecule has 8 heteroatoms. The molecule has 0 unspecified atom stereocenters. The zero-order valence-electron chi connectivity index (χ0n) is 6.00. The van der Waals surface area contributed by atoms with Crippen LogP contribution in [0.2, 0.25) is 0 Å². The molecule has 0 aliphatic heterocycles. The summed E-state index contributed by atoms with van der Waals surface area (Å²) in [6.45, 7) is 0. The van der Waals surface area contributed by atoms with E-state index in [1.165, 1.54) is 15.9 Å². The van der Waals surface area contributed by atoms with Crippen LogP contribution in [0.1, 0.15) is 12.8 Å². The third-order valence-electron chi connectivity index (χ3n) is 1.14. The summed E-state index contributed by atoms with van der Waals surface area (Å²) in [5.41, 5.74) is 0. The van der Waals surface area contributed by atoms with Gasteiger partial charge in [-0.1, -0.05) is 0 Å². The molecule has 0 spiro atoms. The number of rotatable bonds is 4. The van der Waals surface area contributed by atoms with Crippen molar-refractivity contribution in [3.63, 3.8) is 0 Å². The Morgan fingerprint density at radius 1 is 1.38 bits per heavy atom. The maximum Gasteiger partial charge on any atom is 0.363 e. The molecular formula is C5H4BrClF4O2. The lowest BCUT2D eigenvalue weighted by Crippen LogP contribution is -2.35. The van der Waals surface area contributed by atoms with Crippen molar-refractivity contribution in [1.29, 1.82) is 0 Å². The second kappa shape index (κ2) is 4.45. The summed E-state index contributed by atoms with van der Waals surface area (Å²) in [5, 5.41) is 0. The van der Waals surface area contributed by atoms with Crippen LogP contribution in [-0.2, 0) is 9.08 Å². The van der Waals surface area contributed by atoms with Crippen LogP contribution in [0.5, 0.6) is 0 Å². The van der Waals surface area contributed by atoms with Crippen LogP contribution in [-0.4, -0.2) is 16.7 Å². The minimum atomic E-state index is -4.34. The Bertz CT molecular complexity index is 193. The van der Waals surface area contributed by atoms with Crippen molar-refractivity contribution in [3.05, 3.63) is 0 Å². The van der Waals surface area contributed by atoms with Gasteiger partial charge in [-0.2, -0.15) is 17.6 Å². The van der Waals surface area contributed by atoms with Crippen LogP contribution in [0.15, 0.2) is 0 Å². The summed E-state index contributed by atoms with van der Waals surface area (Å²) in [6.07, 6.45) is -2.21. The number of halogens is 6. The SMILES string of the molecule is O=C(CCC(F)(F)C(F)(F)Br)OCl. The van der Waals surface area contributed by atoms with E-state index >= 15 is 0 Å². The second-order valence-electron chi connectivity index (χ2n) is 2.15. The van der Waals surface area contributed by atoms with E-state index in [2.05, 4.69) is 16.2 Å². The van der Waals surface area contributed by atoms with Crippen molar-refractivity contribution in [2.24, 2.45) is 0 Å². The van der Waals surface area contributed by atoms with Gasteiger partial charge in [0.05, 0.1) is 6.42 Å². The van der Waals surface area contributed by atoms with Crippen molar-refractivity contribution < 1.29 is 26.6 Å². The first-order valence-electron chi connectivity index (χ1n) is 2.96. The van der Waals surface area contributed by atoms with Gasteiger partial charge in [0.2, 0.25) is 0 Å². The molecule has 0 aromatic carbocycles. The Morgan fingerprint density at radius 3 is 2.15 bits per heavy atom. The third-order valence-corrected chi connectivity index (χ3v) is 1.90. The Morgan fingerprint density at radius 2 is 1.85 bits per heavy atom. The van der Waals surface area contributed by atoms with E-state index in [-0.39, 0.29) is 0 Å². The molecule has 0 N–H and O–H groups in total. The normalized spacial score (nSPS) is 12.8. The second-order valence-corrected chi connectivity index (χ2v) is 3.30. The fourth-order valence-corrected chi connectivity index (χ4v) is 0.715. The Hall–Kier alpha value is -0.0400. The van der Waals surface area contributed by atoms with Gasteiger partial charge in [-0.15, -0.1) is 0 Å². The summed E-state index contributed by atoms with van der Waals surface area (Å²) in [7, 11) is 0. The first kappa shape index (κ1) is 13.0. The van der Waals surface area contributed by atoms with E-state index in [1.807, 2.05) is 0 Å².